The number of amides is 1. The minimum Gasteiger partial charge on any atom is -0.451 e. The Morgan fingerprint density at radius 2 is 2.18 bits per heavy atom. The van der Waals surface area contributed by atoms with Crippen LogP contribution in [0.4, 0.5) is 0 Å². The van der Waals surface area contributed by atoms with E-state index in [9.17, 15) is 4.79 Å². The van der Waals surface area contributed by atoms with Gasteiger partial charge in [0.2, 0.25) is 0 Å². The molecule has 1 fully saturated rings. The van der Waals surface area contributed by atoms with Crippen LogP contribution in [0.5, 0.6) is 0 Å². The first-order chi connectivity index (χ1) is 10.1. The Balaban J connectivity index is 0.00000176. The van der Waals surface area contributed by atoms with Gasteiger partial charge in [0.1, 0.15) is 5.58 Å². The van der Waals surface area contributed by atoms with Gasteiger partial charge in [0.15, 0.2) is 5.76 Å². The van der Waals surface area contributed by atoms with Gasteiger partial charge in [-0.1, -0.05) is 18.1 Å². The molecule has 22 heavy (non-hydrogen) atoms. The van der Waals surface area contributed by atoms with Crippen molar-refractivity contribution in [2.45, 2.75) is 38.6 Å². The van der Waals surface area contributed by atoms with Crippen molar-refractivity contribution < 1.29 is 9.21 Å². The highest BCUT2D eigenvalue weighted by Crippen LogP contribution is 2.23. The Morgan fingerprint density at radius 1 is 1.36 bits per heavy atom. The molecule has 2 atom stereocenters. The Hall–Kier alpha value is -1.52. The molecule has 4 nitrogen and oxygen atoms in total. The molecule has 5 heteroatoms. The van der Waals surface area contributed by atoms with Crippen LogP contribution in [0.3, 0.4) is 0 Å². The maximum absolute atomic E-state index is 12.2. The molecule has 1 aromatic carbocycles. The second-order valence-corrected chi connectivity index (χ2v) is 6.15. The first-order valence-corrected chi connectivity index (χ1v) is 7.66. The van der Waals surface area contributed by atoms with Crippen LogP contribution in [0, 0.1) is 12.8 Å². The highest BCUT2D eigenvalue weighted by molar-refractivity contribution is 5.96. The van der Waals surface area contributed by atoms with Crippen molar-refractivity contribution in [3.05, 3.63) is 35.6 Å². The number of nitrogens with one attached hydrogen (secondary N) is 1. The predicted octanol–water partition coefficient (Wildman–Crippen LogP) is 3.41. The third-order valence-corrected chi connectivity index (χ3v) is 4.27. The summed E-state index contributed by atoms with van der Waals surface area (Å²) in [6.07, 6.45) is 4.41. The fourth-order valence-corrected chi connectivity index (χ4v) is 3.12. The van der Waals surface area contributed by atoms with Crippen LogP contribution in [0.1, 0.15) is 41.8 Å². The molecule has 2 aromatic rings. The molecule has 3 rings (SSSR count). The molecule has 1 saturated carbocycles. The number of rotatable bonds is 3. The van der Waals surface area contributed by atoms with Gasteiger partial charge >= 0.3 is 0 Å². The van der Waals surface area contributed by atoms with Crippen molar-refractivity contribution in [3.8, 4) is 0 Å². The second kappa shape index (κ2) is 7.16. The maximum Gasteiger partial charge on any atom is 0.287 e. The summed E-state index contributed by atoms with van der Waals surface area (Å²) in [5, 5.41) is 3.95. The number of nitrogens with two attached hydrogens (primary N) is 1. The number of carbonyl (C=O) groups excluding carboxylic acids is 1. The van der Waals surface area contributed by atoms with Crippen molar-refractivity contribution in [2.24, 2.45) is 11.7 Å². The molecule has 0 saturated heterocycles. The molecule has 1 heterocycles. The van der Waals surface area contributed by atoms with Gasteiger partial charge < -0.3 is 15.5 Å². The van der Waals surface area contributed by atoms with Crippen LogP contribution in [-0.4, -0.2) is 18.5 Å². The van der Waals surface area contributed by atoms with Crippen molar-refractivity contribution in [2.75, 3.05) is 6.54 Å². The van der Waals surface area contributed by atoms with Crippen molar-refractivity contribution in [1.29, 1.82) is 0 Å². The molecule has 1 aliphatic rings. The summed E-state index contributed by atoms with van der Waals surface area (Å²) in [4.78, 5) is 12.2. The highest BCUT2D eigenvalue weighted by atomic mass is 35.5. The second-order valence-electron chi connectivity index (χ2n) is 6.15. The largest absolute Gasteiger partial charge is 0.451 e. The van der Waals surface area contributed by atoms with Gasteiger partial charge in [-0.05, 0) is 50.3 Å². The van der Waals surface area contributed by atoms with Crippen LogP contribution in [-0.2, 0) is 0 Å². The Labute approximate surface area is 136 Å². The minimum absolute atomic E-state index is 0. The van der Waals surface area contributed by atoms with Gasteiger partial charge in [-0.2, -0.15) is 0 Å². The fourth-order valence-electron chi connectivity index (χ4n) is 3.12. The van der Waals surface area contributed by atoms with E-state index in [0.29, 0.717) is 18.2 Å². The number of carbonyl (C=O) groups is 1. The van der Waals surface area contributed by atoms with E-state index in [2.05, 4.69) is 5.32 Å². The zero-order chi connectivity index (χ0) is 14.8. The van der Waals surface area contributed by atoms with E-state index in [0.717, 1.165) is 42.2 Å². The Morgan fingerprint density at radius 3 is 2.95 bits per heavy atom. The summed E-state index contributed by atoms with van der Waals surface area (Å²) in [5.74, 6) is 0.739. The van der Waals surface area contributed by atoms with Gasteiger partial charge in [0.25, 0.3) is 5.91 Å². The molecule has 1 aliphatic carbocycles. The summed E-state index contributed by atoms with van der Waals surface area (Å²) >= 11 is 0. The zero-order valence-electron chi connectivity index (χ0n) is 12.8. The van der Waals surface area contributed by atoms with E-state index in [1.54, 1.807) is 0 Å². The molecule has 0 spiro atoms. The predicted molar refractivity (Wildman–Crippen MR) is 90.5 cm³/mol. The topological polar surface area (TPSA) is 68.3 Å². The van der Waals surface area contributed by atoms with E-state index in [4.69, 9.17) is 10.2 Å². The average molecular weight is 323 g/mol. The Kier molecular flexibility index (Phi) is 5.48. The smallest absolute Gasteiger partial charge is 0.287 e. The number of hydrogen-bond acceptors (Lipinski definition) is 3. The molecule has 120 valence electrons. The first kappa shape index (κ1) is 16.8. The van der Waals surface area contributed by atoms with E-state index >= 15 is 0 Å². The first-order valence-electron chi connectivity index (χ1n) is 7.66. The van der Waals surface area contributed by atoms with Crippen LogP contribution >= 0.6 is 12.4 Å². The van der Waals surface area contributed by atoms with Crippen molar-refractivity contribution in [3.63, 3.8) is 0 Å². The zero-order valence-corrected chi connectivity index (χ0v) is 13.6. The van der Waals surface area contributed by atoms with E-state index in [1.807, 2.05) is 31.2 Å². The van der Waals surface area contributed by atoms with Crippen LogP contribution in [0.25, 0.3) is 11.0 Å². The van der Waals surface area contributed by atoms with E-state index in [1.165, 1.54) is 0 Å². The van der Waals surface area contributed by atoms with Crippen LogP contribution < -0.4 is 11.1 Å². The standard InChI is InChI=1S/C17H22N2O2.ClH/c1-11-5-6-15-13(7-11)9-16(21-15)17(20)19-10-12-3-2-4-14(18)8-12;/h5-7,9,12,14H,2-4,8,10,18H2,1H3,(H,19,20);1H. The van der Waals surface area contributed by atoms with Gasteiger partial charge in [-0.15, -0.1) is 12.4 Å². The number of aryl methyl sites for hydroxylation is 1. The quantitative estimate of drug-likeness (QED) is 0.910. The van der Waals surface area contributed by atoms with Gasteiger partial charge in [-0.25, -0.2) is 0 Å². The lowest BCUT2D eigenvalue weighted by Crippen LogP contribution is -2.35. The number of furan rings is 1. The number of hydrogen-bond donors (Lipinski definition) is 2. The molecule has 1 aromatic heterocycles. The van der Waals surface area contributed by atoms with Crippen LogP contribution in [0.15, 0.2) is 28.7 Å². The van der Waals surface area contributed by atoms with Crippen molar-refractivity contribution in [1.82, 2.24) is 5.32 Å². The number of benzene rings is 1. The van der Waals surface area contributed by atoms with Gasteiger partial charge in [0.05, 0.1) is 0 Å². The number of fused-ring (bicyclic) bond motifs is 1. The summed E-state index contributed by atoms with van der Waals surface area (Å²) in [6.45, 7) is 2.71. The third-order valence-electron chi connectivity index (χ3n) is 4.27. The maximum atomic E-state index is 12.2. The third kappa shape index (κ3) is 3.81. The summed E-state index contributed by atoms with van der Waals surface area (Å²) in [6, 6.07) is 8.01. The SMILES string of the molecule is Cc1ccc2oc(C(=O)NCC3CCCC(N)C3)cc2c1.Cl. The Bertz CT molecular complexity index is 653. The molecule has 0 aliphatic heterocycles. The molecule has 3 N–H and O–H groups in total. The summed E-state index contributed by atoms with van der Waals surface area (Å²) in [7, 11) is 0. The molecule has 0 bridgehead atoms. The monoisotopic (exact) mass is 322 g/mol. The molecular weight excluding hydrogens is 300 g/mol. The van der Waals surface area contributed by atoms with E-state index in [-0.39, 0.29) is 24.4 Å². The van der Waals surface area contributed by atoms with Gasteiger partial charge in [-0.3, -0.25) is 4.79 Å². The van der Waals surface area contributed by atoms with E-state index < -0.39 is 0 Å². The molecule has 2 unspecified atom stereocenters. The van der Waals surface area contributed by atoms with Crippen molar-refractivity contribution >= 4 is 29.3 Å². The van der Waals surface area contributed by atoms with Crippen LogP contribution in [0.2, 0.25) is 0 Å². The summed E-state index contributed by atoms with van der Waals surface area (Å²) in [5.41, 5.74) is 7.89. The lowest BCUT2D eigenvalue weighted by atomic mass is 9.86. The number of halogens is 1. The highest BCUT2D eigenvalue weighted by Gasteiger charge is 2.20. The molecular formula is C17H23ClN2O2. The summed E-state index contributed by atoms with van der Waals surface area (Å²) < 4.78 is 5.61. The van der Waals surface area contributed by atoms with Gasteiger partial charge in [0, 0.05) is 18.0 Å². The lowest BCUT2D eigenvalue weighted by Gasteiger charge is -2.26. The molecule has 1 amide bonds. The lowest BCUT2D eigenvalue weighted by molar-refractivity contribution is 0.0917. The normalized spacial score (nSPS) is 21.4. The minimum atomic E-state index is -0.136. The average Bonchev–Trinajstić information content (AvgIpc) is 2.88. The fraction of sp³-hybridized carbons (Fsp3) is 0.471. The molecule has 0 radical (unpaired) electrons.